The Labute approximate surface area is 231 Å². The minimum absolute atomic E-state index is 0.0142. The number of aldehydes is 1. The van der Waals surface area contributed by atoms with E-state index in [0.717, 1.165) is 5.56 Å². The van der Waals surface area contributed by atoms with Crippen LogP contribution in [0.3, 0.4) is 0 Å². The van der Waals surface area contributed by atoms with Gasteiger partial charge in [-0.2, -0.15) is 5.26 Å². The zero-order valence-electron chi connectivity index (χ0n) is 22.1. The highest BCUT2D eigenvalue weighted by atomic mass is 16.6. The van der Waals surface area contributed by atoms with Crippen LogP contribution in [0.1, 0.15) is 40.0 Å². The van der Waals surface area contributed by atoms with Crippen LogP contribution in [0.5, 0.6) is 5.75 Å². The van der Waals surface area contributed by atoms with Crippen LogP contribution in [-0.4, -0.2) is 91.9 Å². The fourth-order valence-corrected chi connectivity index (χ4v) is 5.01. The van der Waals surface area contributed by atoms with Gasteiger partial charge in [-0.15, -0.1) is 0 Å². The fraction of sp³-hybridized carbons (Fsp3) is 0.481. The molecule has 0 saturated carbocycles. The number of amides is 3. The molecule has 3 amide bonds. The maximum atomic E-state index is 13.4. The molecule has 210 valence electrons. The number of aromatic nitrogens is 2. The minimum Gasteiger partial charge on any atom is -0.484 e. The zero-order valence-corrected chi connectivity index (χ0v) is 22.1. The molecule has 13 heteroatoms. The zero-order chi connectivity index (χ0) is 28.1. The van der Waals surface area contributed by atoms with Crippen LogP contribution in [-0.2, 0) is 32.0 Å². The molecule has 2 saturated heterocycles. The van der Waals surface area contributed by atoms with E-state index in [1.54, 1.807) is 12.0 Å². The van der Waals surface area contributed by atoms with Gasteiger partial charge in [0.1, 0.15) is 47.4 Å². The first-order valence-corrected chi connectivity index (χ1v) is 13.1. The first-order valence-electron chi connectivity index (χ1n) is 13.1. The second-order valence-electron chi connectivity index (χ2n) is 9.66. The van der Waals surface area contributed by atoms with E-state index >= 15 is 0 Å². The predicted octanol–water partition coefficient (Wildman–Crippen LogP) is 1.69. The monoisotopic (exact) mass is 550 g/mol. The van der Waals surface area contributed by atoms with Gasteiger partial charge in [0.2, 0.25) is 5.91 Å². The largest absolute Gasteiger partial charge is 0.484 e. The lowest BCUT2D eigenvalue weighted by atomic mass is 10.0. The Morgan fingerprint density at radius 2 is 2.15 bits per heavy atom. The first kappa shape index (κ1) is 27.4. The summed E-state index contributed by atoms with van der Waals surface area (Å²) in [6, 6.07) is 4.91. The van der Waals surface area contributed by atoms with Gasteiger partial charge in [0.25, 0.3) is 0 Å². The summed E-state index contributed by atoms with van der Waals surface area (Å²) in [4.78, 5) is 49.3. The first-order chi connectivity index (χ1) is 19.5. The lowest BCUT2D eigenvalue weighted by Gasteiger charge is -2.31. The molecule has 13 nitrogen and oxygen atoms in total. The molecule has 0 aromatic carbocycles. The Morgan fingerprint density at radius 1 is 1.27 bits per heavy atom. The van der Waals surface area contributed by atoms with E-state index in [9.17, 15) is 19.6 Å². The van der Waals surface area contributed by atoms with E-state index in [1.807, 2.05) is 6.07 Å². The van der Waals surface area contributed by atoms with Crippen molar-refractivity contribution in [1.82, 2.24) is 14.9 Å². The lowest BCUT2D eigenvalue weighted by molar-refractivity contribution is -0.143. The average Bonchev–Trinajstić information content (AvgIpc) is 2.98. The number of hydrogen-bond donors (Lipinski definition) is 1. The van der Waals surface area contributed by atoms with Crippen molar-refractivity contribution in [2.24, 2.45) is 0 Å². The van der Waals surface area contributed by atoms with Gasteiger partial charge in [-0.1, -0.05) is 0 Å². The Morgan fingerprint density at radius 3 is 2.92 bits per heavy atom. The summed E-state index contributed by atoms with van der Waals surface area (Å²) >= 11 is 0. The van der Waals surface area contributed by atoms with Gasteiger partial charge in [0.05, 0.1) is 25.5 Å². The van der Waals surface area contributed by atoms with E-state index in [-0.39, 0.29) is 48.0 Å². The molecule has 3 aliphatic heterocycles. The lowest BCUT2D eigenvalue weighted by Crippen LogP contribution is -2.42. The second-order valence-corrected chi connectivity index (χ2v) is 9.66. The summed E-state index contributed by atoms with van der Waals surface area (Å²) in [5.41, 5.74) is 1.82. The van der Waals surface area contributed by atoms with Crippen LogP contribution >= 0.6 is 0 Å². The number of methoxy groups -OCH3 is 1. The molecule has 0 aliphatic carbocycles. The van der Waals surface area contributed by atoms with Crippen molar-refractivity contribution < 1.29 is 33.3 Å². The molecule has 2 aromatic heterocycles. The molecule has 40 heavy (non-hydrogen) atoms. The summed E-state index contributed by atoms with van der Waals surface area (Å²) in [5.74, 6) is 0.687. The number of carbonyl (C=O) groups excluding carboxylic acids is 3. The van der Waals surface area contributed by atoms with Gasteiger partial charge < -0.3 is 23.8 Å². The van der Waals surface area contributed by atoms with Crippen LogP contribution in [0.25, 0.3) is 0 Å². The smallest absolute Gasteiger partial charge is 0.328 e. The summed E-state index contributed by atoms with van der Waals surface area (Å²) in [7, 11) is 1.60. The number of nitrogens with zero attached hydrogens (tertiary/aromatic N) is 5. The van der Waals surface area contributed by atoms with Crippen molar-refractivity contribution in [2.75, 3.05) is 56.8 Å². The summed E-state index contributed by atoms with van der Waals surface area (Å²) in [5, 5.41) is 12.3. The highest BCUT2D eigenvalue weighted by Gasteiger charge is 2.30. The summed E-state index contributed by atoms with van der Waals surface area (Å²) in [6.45, 7) is 2.39. The summed E-state index contributed by atoms with van der Waals surface area (Å²) < 4.78 is 22.2. The molecular formula is C27H30N6O7. The number of carbonyl (C=O) groups is 3. The van der Waals surface area contributed by atoms with Gasteiger partial charge >= 0.3 is 6.03 Å². The van der Waals surface area contributed by atoms with Crippen LogP contribution in [0.2, 0.25) is 0 Å². The molecule has 3 aliphatic rings. The molecule has 2 aromatic rings. The Hall–Kier alpha value is -4.12. The van der Waals surface area contributed by atoms with E-state index in [2.05, 4.69) is 21.4 Å². The number of hydrogen-bond acceptors (Lipinski definition) is 10. The number of urea groups is 1. The molecule has 1 N–H and O–H groups in total. The molecule has 0 spiro atoms. The molecule has 1 unspecified atom stereocenters. The van der Waals surface area contributed by atoms with E-state index in [0.29, 0.717) is 69.8 Å². The van der Waals surface area contributed by atoms with Gasteiger partial charge in [0, 0.05) is 51.4 Å². The van der Waals surface area contributed by atoms with Crippen molar-refractivity contribution in [3.05, 3.63) is 40.7 Å². The molecular weight excluding hydrogens is 520 g/mol. The fourth-order valence-electron chi connectivity index (χ4n) is 5.01. The van der Waals surface area contributed by atoms with E-state index in [1.165, 1.54) is 17.2 Å². The maximum Gasteiger partial charge on any atom is 0.328 e. The van der Waals surface area contributed by atoms with Crippen molar-refractivity contribution in [3.63, 3.8) is 0 Å². The number of fused-ring (bicyclic) bond motifs is 1. The molecule has 2 atom stereocenters. The third kappa shape index (κ3) is 5.89. The van der Waals surface area contributed by atoms with E-state index in [4.69, 9.17) is 18.9 Å². The molecule has 0 bridgehead atoms. The van der Waals surface area contributed by atoms with Crippen molar-refractivity contribution in [3.8, 4) is 11.8 Å². The topological polar surface area (TPSA) is 156 Å². The van der Waals surface area contributed by atoms with Crippen LogP contribution in [0, 0.1) is 11.3 Å². The quantitative estimate of drug-likeness (QED) is 0.503. The van der Waals surface area contributed by atoms with Crippen molar-refractivity contribution in [2.45, 2.75) is 38.0 Å². The molecule has 5 rings (SSSR count). The third-order valence-electron chi connectivity index (χ3n) is 7.12. The number of rotatable bonds is 7. The molecule has 5 heterocycles. The Balaban J connectivity index is 1.34. The third-order valence-corrected chi connectivity index (χ3v) is 7.12. The highest BCUT2D eigenvalue weighted by molar-refractivity contribution is 6.01. The number of nitrogens with one attached hydrogen (secondary N) is 1. The number of pyridine rings is 2. The average molecular weight is 551 g/mol. The number of anilines is 2. The SMILES string of the molecule is CO[C@H]1CCOCC1Oc1cc(NC(=O)N2CCCc3cc(CN4CCOCC4=O)c(C=O)nc32)ncc1C#N. The summed E-state index contributed by atoms with van der Waals surface area (Å²) in [6.07, 6.45) is 3.38. The molecule has 0 radical (unpaired) electrons. The standard InChI is InChI=1S/C27H30N6O7/c1-37-21-4-7-38-15-23(21)40-22-10-24(29-12-19(22)11-28)31-27(36)33-5-2-3-17-9-18(20(14-34)30-26(17)33)13-32-6-8-39-16-25(32)35/h9-10,12,14,21,23H,2-8,13,15-16H2,1H3,(H,29,31,36)/t21-,23?/m0/s1. The van der Waals surface area contributed by atoms with Crippen LogP contribution < -0.4 is 15.0 Å². The van der Waals surface area contributed by atoms with Gasteiger partial charge in [0.15, 0.2) is 6.29 Å². The normalized spacial score (nSPS) is 20.9. The van der Waals surface area contributed by atoms with Gasteiger partial charge in [-0.3, -0.25) is 19.8 Å². The van der Waals surface area contributed by atoms with Crippen LogP contribution in [0.4, 0.5) is 16.4 Å². The maximum absolute atomic E-state index is 13.4. The Bertz CT molecular complexity index is 1330. The number of ether oxygens (including phenoxy) is 4. The number of nitriles is 1. The number of aryl methyl sites for hydroxylation is 1. The van der Waals surface area contributed by atoms with E-state index < -0.39 is 12.1 Å². The second kappa shape index (κ2) is 12.4. The van der Waals surface area contributed by atoms with Crippen molar-refractivity contribution >= 4 is 29.9 Å². The predicted molar refractivity (Wildman–Crippen MR) is 140 cm³/mol. The Kier molecular flexibility index (Phi) is 8.49. The highest BCUT2D eigenvalue weighted by Crippen LogP contribution is 2.30. The van der Waals surface area contributed by atoms with Gasteiger partial charge in [-0.25, -0.2) is 14.8 Å². The van der Waals surface area contributed by atoms with Crippen LogP contribution in [0.15, 0.2) is 18.3 Å². The number of morpholine rings is 1. The molecule has 2 fully saturated rings. The van der Waals surface area contributed by atoms with Crippen molar-refractivity contribution in [1.29, 1.82) is 5.26 Å². The minimum atomic E-state index is -0.486. The van der Waals surface area contributed by atoms with Gasteiger partial charge in [-0.05, 0) is 24.5 Å².